The molecular formula is C14H28N2O. The van der Waals surface area contributed by atoms with E-state index < -0.39 is 0 Å². The van der Waals surface area contributed by atoms with Crippen LogP contribution in [0.3, 0.4) is 0 Å². The van der Waals surface area contributed by atoms with Crippen LogP contribution in [0.4, 0.5) is 0 Å². The van der Waals surface area contributed by atoms with Gasteiger partial charge in [0, 0.05) is 6.04 Å². The molecule has 0 aromatic heterocycles. The third-order valence-electron chi connectivity index (χ3n) is 3.54. The summed E-state index contributed by atoms with van der Waals surface area (Å²) in [6.45, 7) is 6.88. The normalized spacial score (nSPS) is 18.6. The Balaban J connectivity index is 2.02. The topological polar surface area (TPSA) is 41.1 Å². The molecule has 0 aromatic rings. The van der Waals surface area contributed by atoms with E-state index in [0.29, 0.717) is 0 Å². The van der Waals surface area contributed by atoms with E-state index in [1.54, 1.807) is 0 Å². The molecule has 0 aromatic carbocycles. The third kappa shape index (κ3) is 6.06. The minimum absolute atomic E-state index is 0.0685. The molecule has 3 nitrogen and oxygen atoms in total. The number of rotatable bonds is 7. The highest BCUT2D eigenvalue weighted by Crippen LogP contribution is 2.28. The zero-order valence-electron chi connectivity index (χ0n) is 11.6. The predicted molar refractivity (Wildman–Crippen MR) is 71.9 cm³/mol. The minimum atomic E-state index is -0.0685. The van der Waals surface area contributed by atoms with Gasteiger partial charge in [0.05, 0.1) is 6.04 Å². The van der Waals surface area contributed by atoms with Crippen molar-refractivity contribution in [2.45, 2.75) is 71.4 Å². The molecule has 0 radical (unpaired) electrons. The van der Waals surface area contributed by atoms with E-state index in [9.17, 15) is 4.79 Å². The number of hydrogen-bond acceptors (Lipinski definition) is 2. The van der Waals surface area contributed by atoms with Crippen LogP contribution >= 0.6 is 0 Å². The lowest BCUT2D eigenvalue weighted by atomic mass is 10.0. The second-order valence-electron chi connectivity index (χ2n) is 5.63. The molecule has 0 bridgehead atoms. The monoisotopic (exact) mass is 240 g/mol. The second-order valence-corrected chi connectivity index (χ2v) is 5.63. The summed E-state index contributed by atoms with van der Waals surface area (Å²) in [6.07, 6.45) is 8.21. The Morgan fingerprint density at radius 3 is 2.47 bits per heavy atom. The lowest BCUT2D eigenvalue weighted by Gasteiger charge is -2.16. The van der Waals surface area contributed by atoms with Crippen LogP contribution in [0.15, 0.2) is 0 Å². The average molecular weight is 240 g/mol. The number of hydrogen-bond donors (Lipinski definition) is 2. The summed E-state index contributed by atoms with van der Waals surface area (Å²) < 4.78 is 0. The van der Waals surface area contributed by atoms with Gasteiger partial charge >= 0.3 is 0 Å². The highest BCUT2D eigenvalue weighted by atomic mass is 16.2. The molecule has 1 fully saturated rings. The van der Waals surface area contributed by atoms with Gasteiger partial charge in [-0.15, -0.1) is 0 Å². The molecule has 3 heteroatoms. The molecule has 100 valence electrons. The maximum absolute atomic E-state index is 11.6. The van der Waals surface area contributed by atoms with Crippen LogP contribution in [0.5, 0.6) is 0 Å². The molecule has 1 atom stereocenters. The van der Waals surface area contributed by atoms with Crippen LogP contribution in [0.25, 0.3) is 0 Å². The van der Waals surface area contributed by atoms with Crippen molar-refractivity contribution >= 4 is 5.91 Å². The van der Waals surface area contributed by atoms with Gasteiger partial charge in [-0.25, -0.2) is 0 Å². The third-order valence-corrected chi connectivity index (χ3v) is 3.54. The molecule has 1 aliphatic rings. The Morgan fingerprint density at radius 2 is 1.88 bits per heavy atom. The number of amides is 1. The van der Waals surface area contributed by atoms with E-state index in [1.807, 2.05) is 20.8 Å². The van der Waals surface area contributed by atoms with Gasteiger partial charge in [0.15, 0.2) is 0 Å². The first-order valence-electron chi connectivity index (χ1n) is 7.13. The average Bonchev–Trinajstić information content (AvgIpc) is 2.75. The molecule has 0 saturated heterocycles. The Hall–Kier alpha value is -0.570. The predicted octanol–water partition coefficient (Wildman–Crippen LogP) is 2.46. The molecule has 0 heterocycles. The molecule has 0 aliphatic heterocycles. The van der Waals surface area contributed by atoms with Crippen molar-refractivity contribution in [2.24, 2.45) is 5.92 Å². The van der Waals surface area contributed by atoms with Gasteiger partial charge in [-0.05, 0) is 46.1 Å². The molecule has 1 rings (SSSR count). The number of nitrogens with one attached hydrogen (secondary N) is 2. The van der Waals surface area contributed by atoms with Crippen molar-refractivity contribution in [3.8, 4) is 0 Å². The second kappa shape index (κ2) is 7.70. The maximum atomic E-state index is 11.6. The summed E-state index contributed by atoms with van der Waals surface area (Å²) in [5, 5.41) is 6.22. The van der Waals surface area contributed by atoms with Gasteiger partial charge in [0.2, 0.25) is 5.91 Å². The standard InChI is InChI=1S/C14H28N2O/c1-11(2)16-14(17)12(3)15-10-6-9-13-7-4-5-8-13/h11-13,15H,4-10H2,1-3H3,(H,16,17). The fraction of sp³-hybridized carbons (Fsp3) is 0.929. The molecule has 1 amide bonds. The number of carbonyl (C=O) groups excluding carboxylic acids is 1. The molecule has 1 unspecified atom stereocenters. The van der Waals surface area contributed by atoms with E-state index in [4.69, 9.17) is 0 Å². The fourth-order valence-electron chi connectivity index (χ4n) is 2.51. The SMILES string of the molecule is CC(C)NC(=O)C(C)NCCCC1CCCC1. The van der Waals surface area contributed by atoms with E-state index in [2.05, 4.69) is 10.6 Å². The van der Waals surface area contributed by atoms with Crippen LogP contribution in [-0.4, -0.2) is 24.5 Å². The first-order chi connectivity index (χ1) is 8.09. The summed E-state index contributed by atoms with van der Waals surface area (Å²) in [6, 6.07) is 0.159. The van der Waals surface area contributed by atoms with E-state index in [1.165, 1.54) is 38.5 Å². The van der Waals surface area contributed by atoms with Gasteiger partial charge in [-0.2, -0.15) is 0 Å². The summed E-state index contributed by atoms with van der Waals surface area (Å²) in [7, 11) is 0. The highest BCUT2D eigenvalue weighted by molar-refractivity contribution is 5.81. The Morgan fingerprint density at radius 1 is 1.24 bits per heavy atom. The van der Waals surface area contributed by atoms with Crippen LogP contribution in [0.1, 0.15) is 59.3 Å². The lowest BCUT2D eigenvalue weighted by molar-refractivity contribution is -0.123. The van der Waals surface area contributed by atoms with E-state index in [-0.39, 0.29) is 18.0 Å². The first kappa shape index (κ1) is 14.5. The molecule has 2 N–H and O–H groups in total. The Bertz CT molecular complexity index is 222. The highest BCUT2D eigenvalue weighted by Gasteiger charge is 2.15. The summed E-state index contributed by atoms with van der Waals surface area (Å²) in [5.41, 5.74) is 0. The van der Waals surface area contributed by atoms with Gasteiger partial charge in [-0.1, -0.05) is 25.7 Å². The van der Waals surface area contributed by atoms with Gasteiger partial charge in [0.1, 0.15) is 0 Å². The largest absolute Gasteiger partial charge is 0.353 e. The van der Waals surface area contributed by atoms with Crippen molar-refractivity contribution in [3.63, 3.8) is 0 Å². The van der Waals surface area contributed by atoms with E-state index in [0.717, 1.165) is 12.5 Å². The van der Waals surface area contributed by atoms with Crippen LogP contribution in [0.2, 0.25) is 0 Å². The van der Waals surface area contributed by atoms with Gasteiger partial charge < -0.3 is 10.6 Å². The lowest BCUT2D eigenvalue weighted by Crippen LogP contribution is -2.44. The first-order valence-corrected chi connectivity index (χ1v) is 7.13. The molecule has 1 aliphatic carbocycles. The molecule has 17 heavy (non-hydrogen) atoms. The zero-order chi connectivity index (χ0) is 12.7. The summed E-state index contributed by atoms with van der Waals surface area (Å²) >= 11 is 0. The van der Waals surface area contributed by atoms with Crippen molar-refractivity contribution in [1.29, 1.82) is 0 Å². The van der Waals surface area contributed by atoms with E-state index >= 15 is 0 Å². The maximum Gasteiger partial charge on any atom is 0.237 e. The van der Waals surface area contributed by atoms with Crippen LogP contribution in [0, 0.1) is 5.92 Å². The van der Waals surface area contributed by atoms with Crippen molar-refractivity contribution in [3.05, 3.63) is 0 Å². The molecule has 0 spiro atoms. The van der Waals surface area contributed by atoms with Gasteiger partial charge in [0.25, 0.3) is 0 Å². The van der Waals surface area contributed by atoms with Crippen molar-refractivity contribution in [2.75, 3.05) is 6.54 Å². The van der Waals surface area contributed by atoms with Crippen molar-refractivity contribution < 1.29 is 4.79 Å². The molecule has 1 saturated carbocycles. The van der Waals surface area contributed by atoms with Crippen LogP contribution < -0.4 is 10.6 Å². The van der Waals surface area contributed by atoms with Crippen molar-refractivity contribution in [1.82, 2.24) is 10.6 Å². The molecular weight excluding hydrogens is 212 g/mol. The quantitative estimate of drug-likeness (QED) is 0.671. The number of carbonyl (C=O) groups is 1. The summed E-state index contributed by atoms with van der Waals surface area (Å²) in [5.74, 6) is 1.07. The Labute approximate surface area is 106 Å². The zero-order valence-corrected chi connectivity index (χ0v) is 11.6. The van der Waals surface area contributed by atoms with Gasteiger partial charge in [-0.3, -0.25) is 4.79 Å². The Kier molecular flexibility index (Phi) is 6.56. The smallest absolute Gasteiger partial charge is 0.237 e. The fourth-order valence-corrected chi connectivity index (χ4v) is 2.51. The minimum Gasteiger partial charge on any atom is -0.353 e. The van der Waals surface area contributed by atoms with Crippen LogP contribution in [-0.2, 0) is 4.79 Å². The summed E-state index contributed by atoms with van der Waals surface area (Å²) in [4.78, 5) is 11.6.